The zero-order valence-corrected chi connectivity index (χ0v) is 12.1. The predicted molar refractivity (Wildman–Crippen MR) is 79.1 cm³/mol. The molecule has 0 radical (unpaired) electrons. The largest absolute Gasteiger partial charge is 0.401 e. The molecule has 0 bridgehead atoms. The number of rotatable bonds is 2. The van der Waals surface area contributed by atoms with Gasteiger partial charge in [-0.2, -0.15) is 0 Å². The highest BCUT2D eigenvalue weighted by atomic mass is 79.9. The number of esters is 1. The van der Waals surface area contributed by atoms with Crippen LogP contribution >= 0.6 is 27.3 Å². The molecule has 3 rings (SSSR count). The van der Waals surface area contributed by atoms with Crippen LogP contribution in [-0.4, -0.2) is 11.9 Å². The first-order valence-electron chi connectivity index (χ1n) is 5.54. The molecule has 19 heavy (non-hydrogen) atoms. The molecule has 5 heteroatoms. The van der Waals surface area contributed by atoms with E-state index >= 15 is 0 Å². The number of aliphatic imine (C=N–C) groups is 1. The Morgan fingerprint density at radius 3 is 2.68 bits per heavy atom. The summed E-state index contributed by atoms with van der Waals surface area (Å²) in [7, 11) is 0. The quantitative estimate of drug-likeness (QED) is 0.618. The van der Waals surface area contributed by atoms with Crippen molar-refractivity contribution in [2.75, 3.05) is 0 Å². The van der Waals surface area contributed by atoms with Crippen molar-refractivity contribution in [3.05, 3.63) is 62.4 Å². The maximum Gasteiger partial charge on any atom is 0.363 e. The first-order valence-corrected chi connectivity index (χ1v) is 7.22. The average molecular weight is 334 g/mol. The number of carbonyl (C=O) groups is 1. The second-order valence-electron chi connectivity index (χ2n) is 3.86. The lowest BCUT2D eigenvalue weighted by Crippen LogP contribution is -2.03. The van der Waals surface area contributed by atoms with Crippen molar-refractivity contribution in [1.29, 1.82) is 0 Å². The highest BCUT2D eigenvalue weighted by Crippen LogP contribution is 2.22. The number of carbonyl (C=O) groups excluding carboxylic acids is 1. The van der Waals surface area contributed by atoms with Gasteiger partial charge in [0.1, 0.15) is 0 Å². The molecule has 0 spiro atoms. The van der Waals surface area contributed by atoms with Gasteiger partial charge in [0.15, 0.2) is 5.70 Å². The number of hydrogen-bond donors (Lipinski definition) is 0. The van der Waals surface area contributed by atoms with E-state index in [1.807, 2.05) is 41.8 Å². The summed E-state index contributed by atoms with van der Waals surface area (Å²) in [6.45, 7) is 0. The van der Waals surface area contributed by atoms with Gasteiger partial charge in [0.2, 0.25) is 5.90 Å². The summed E-state index contributed by atoms with van der Waals surface area (Å²) >= 11 is 4.86. The van der Waals surface area contributed by atoms with Gasteiger partial charge in [-0.1, -0.05) is 34.1 Å². The van der Waals surface area contributed by atoms with E-state index in [2.05, 4.69) is 20.9 Å². The van der Waals surface area contributed by atoms with Crippen LogP contribution in [0.4, 0.5) is 0 Å². The molecule has 0 N–H and O–H groups in total. The minimum atomic E-state index is -0.411. The monoisotopic (exact) mass is 333 g/mol. The molecule has 0 amide bonds. The maximum atomic E-state index is 11.7. The zero-order valence-electron chi connectivity index (χ0n) is 9.67. The van der Waals surface area contributed by atoms with Gasteiger partial charge >= 0.3 is 5.97 Å². The molecular weight excluding hydrogens is 326 g/mol. The second-order valence-corrected chi connectivity index (χ2v) is 5.73. The zero-order chi connectivity index (χ0) is 13.2. The third kappa shape index (κ3) is 2.67. The van der Waals surface area contributed by atoms with E-state index in [1.54, 1.807) is 6.08 Å². The number of halogens is 1. The molecule has 94 valence electrons. The summed E-state index contributed by atoms with van der Waals surface area (Å²) in [5.41, 5.74) is 1.23. The van der Waals surface area contributed by atoms with Crippen LogP contribution in [-0.2, 0) is 9.53 Å². The highest BCUT2D eigenvalue weighted by molar-refractivity contribution is 9.10. The van der Waals surface area contributed by atoms with Crippen molar-refractivity contribution in [3.63, 3.8) is 0 Å². The molecule has 0 saturated carbocycles. The molecule has 1 aliphatic heterocycles. The lowest BCUT2D eigenvalue weighted by atomic mass is 10.2. The molecule has 2 heterocycles. The van der Waals surface area contributed by atoms with Crippen LogP contribution in [0.5, 0.6) is 0 Å². The molecule has 0 aliphatic carbocycles. The van der Waals surface area contributed by atoms with Crippen LogP contribution in [0.25, 0.3) is 6.08 Å². The van der Waals surface area contributed by atoms with Crippen molar-refractivity contribution < 1.29 is 9.53 Å². The molecule has 2 aromatic rings. The average Bonchev–Trinajstić information content (AvgIpc) is 3.03. The minimum Gasteiger partial charge on any atom is -0.401 e. The van der Waals surface area contributed by atoms with Gasteiger partial charge in [-0.3, -0.25) is 0 Å². The van der Waals surface area contributed by atoms with Crippen molar-refractivity contribution >= 4 is 45.2 Å². The third-order valence-corrected chi connectivity index (χ3v) is 3.91. The number of ether oxygens (including phenoxy) is 1. The van der Waals surface area contributed by atoms with Gasteiger partial charge in [0.05, 0.1) is 4.88 Å². The third-order valence-electron chi connectivity index (χ3n) is 2.53. The van der Waals surface area contributed by atoms with E-state index < -0.39 is 5.97 Å². The fraction of sp³-hybridized carbons (Fsp3) is 0. The number of nitrogens with zero attached hydrogens (tertiary/aromatic N) is 1. The van der Waals surface area contributed by atoms with Crippen LogP contribution < -0.4 is 0 Å². The standard InChI is InChI=1S/C14H8BrNO2S/c15-10-5-3-9(4-6-10)8-11-14(17)18-13(16-11)12-2-1-7-19-12/h1-8H/b11-8-. The highest BCUT2D eigenvalue weighted by Gasteiger charge is 2.24. The Balaban J connectivity index is 1.92. The summed E-state index contributed by atoms with van der Waals surface area (Å²) < 4.78 is 6.15. The van der Waals surface area contributed by atoms with E-state index in [-0.39, 0.29) is 0 Å². The molecular formula is C14H8BrNO2S. The molecule has 0 saturated heterocycles. The van der Waals surface area contributed by atoms with Crippen molar-refractivity contribution in [2.45, 2.75) is 0 Å². The smallest absolute Gasteiger partial charge is 0.363 e. The number of thiophene rings is 1. The molecule has 3 nitrogen and oxygen atoms in total. The van der Waals surface area contributed by atoms with Crippen LogP contribution in [0.2, 0.25) is 0 Å². The number of cyclic esters (lactones) is 1. The molecule has 1 aromatic carbocycles. The van der Waals surface area contributed by atoms with E-state index in [4.69, 9.17) is 4.74 Å². The van der Waals surface area contributed by atoms with E-state index in [0.29, 0.717) is 11.6 Å². The first kappa shape index (κ1) is 12.3. The van der Waals surface area contributed by atoms with Gasteiger partial charge in [0, 0.05) is 4.47 Å². The Morgan fingerprint density at radius 2 is 2.00 bits per heavy atom. The summed E-state index contributed by atoms with van der Waals surface area (Å²) in [5.74, 6) is -0.0327. The number of benzene rings is 1. The minimum absolute atomic E-state index is 0.325. The SMILES string of the molecule is O=C1OC(c2cccs2)=N/C1=C\c1ccc(Br)cc1. The summed E-state index contributed by atoms with van der Waals surface area (Å²) in [6.07, 6.45) is 1.72. The summed E-state index contributed by atoms with van der Waals surface area (Å²) in [4.78, 5) is 16.8. The van der Waals surface area contributed by atoms with E-state index in [1.165, 1.54) is 11.3 Å². The fourth-order valence-corrected chi connectivity index (χ4v) is 2.55. The lowest BCUT2D eigenvalue weighted by Gasteiger charge is -1.94. The fourth-order valence-electron chi connectivity index (χ4n) is 1.63. The van der Waals surface area contributed by atoms with Gasteiger partial charge in [-0.15, -0.1) is 11.3 Å². The molecule has 1 aliphatic rings. The van der Waals surface area contributed by atoms with Crippen molar-refractivity contribution in [3.8, 4) is 0 Å². The molecule has 0 fully saturated rings. The Hall–Kier alpha value is -1.72. The summed E-state index contributed by atoms with van der Waals surface area (Å²) in [6, 6.07) is 11.4. The van der Waals surface area contributed by atoms with E-state index in [0.717, 1.165) is 14.9 Å². The molecule has 0 unspecified atom stereocenters. The van der Waals surface area contributed by atoms with Crippen LogP contribution in [0.3, 0.4) is 0 Å². The topological polar surface area (TPSA) is 38.7 Å². The molecule has 1 aromatic heterocycles. The maximum absolute atomic E-state index is 11.7. The van der Waals surface area contributed by atoms with Crippen LogP contribution in [0, 0.1) is 0 Å². The van der Waals surface area contributed by atoms with E-state index in [9.17, 15) is 4.79 Å². The Bertz CT molecular complexity index is 672. The van der Waals surface area contributed by atoms with Crippen molar-refractivity contribution in [1.82, 2.24) is 0 Å². The Morgan fingerprint density at radius 1 is 1.21 bits per heavy atom. The Kier molecular flexibility index (Phi) is 3.31. The van der Waals surface area contributed by atoms with Gasteiger partial charge in [-0.25, -0.2) is 9.79 Å². The predicted octanol–water partition coefficient (Wildman–Crippen LogP) is 3.86. The van der Waals surface area contributed by atoms with Gasteiger partial charge < -0.3 is 4.74 Å². The van der Waals surface area contributed by atoms with Gasteiger partial charge in [0.25, 0.3) is 0 Å². The van der Waals surface area contributed by atoms with Crippen LogP contribution in [0.1, 0.15) is 10.4 Å². The number of hydrogen-bond acceptors (Lipinski definition) is 4. The normalized spacial score (nSPS) is 16.6. The second kappa shape index (κ2) is 5.11. The lowest BCUT2D eigenvalue weighted by molar-refractivity contribution is -0.129. The summed E-state index contributed by atoms with van der Waals surface area (Å²) in [5, 5.41) is 1.92. The first-order chi connectivity index (χ1) is 9.22. The van der Waals surface area contributed by atoms with Crippen LogP contribution in [0.15, 0.2) is 56.9 Å². The Labute approximate surface area is 122 Å². The van der Waals surface area contributed by atoms with Crippen molar-refractivity contribution in [2.24, 2.45) is 4.99 Å². The van der Waals surface area contributed by atoms with Gasteiger partial charge in [-0.05, 0) is 35.2 Å². The molecule has 0 atom stereocenters.